The van der Waals surface area contributed by atoms with Crippen molar-refractivity contribution in [3.05, 3.63) is 0 Å². The largest absolute Gasteiger partial charge is 0.469 e. The molecule has 3 rings (SSSR count). The highest BCUT2D eigenvalue weighted by molar-refractivity contribution is 5.79. The summed E-state index contributed by atoms with van der Waals surface area (Å²) < 4.78 is 10.3. The molecule has 1 aliphatic carbocycles. The number of rotatable bonds is 2. The van der Waals surface area contributed by atoms with Crippen molar-refractivity contribution in [1.29, 1.82) is 0 Å². The smallest absolute Gasteiger partial charge is 0.314 e. The molecule has 2 N–H and O–H groups in total. The first-order chi connectivity index (χ1) is 6.05. The van der Waals surface area contributed by atoms with Gasteiger partial charge in [-0.25, -0.2) is 0 Å². The van der Waals surface area contributed by atoms with E-state index in [9.17, 15) is 4.79 Å². The van der Waals surface area contributed by atoms with E-state index in [4.69, 9.17) is 15.2 Å². The lowest BCUT2D eigenvalue weighted by Gasteiger charge is -2.44. The predicted molar refractivity (Wildman–Crippen MR) is 46.0 cm³/mol. The van der Waals surface area contributed by atoms with Crippen LogP contribution >= 0.6 is 0 Å². The highest BCUT2D eigenvalue weighted by Gasteiger charge is 2.68. The maximum Gasteiger partial charge on any atom is 0.314 e. The third-order valence-electron chi connectivity index (χ3n) is 3.36. The zero-order chi connectivity index (χ0) is 9.69. The van der Waals surface area contributed by atoms with Gasteiger partial charge in [0.05, 0.1) is 24.7 Å². The summed E-state index contributed by atoms with van der Waals surface area (Å²) in [6.45, 7) is 2.40. The second-order valence-corrected chi connectivity index (χ2v) is 4.27. The van der Waals surface area contributed by atoms with Gasteiger partial charge in [0, 0.05) is 6.04 Å². The first-order valence-corrected chi connectivity index (χ1v) is 4.53. The summed E-state index contributed by atoms with van der Waals surface area (Å²) in [5.74, 6) is -0.152. The normalized spacial score (nSPS) is 43.9. The van der Waals surface area contributed by atoms with Gasteiger partial charge in [0.1, 0.15) is 0 Å². The Bertz CT molecular complexity index is 243. The molecule has 2 heterocycles. The van der Waals surface area contributed by atoms with Gasteiger partial charge in [0.25, 0.3) is 0 Å². The second-order valence-electron chi connectivity index (χ2n) is 4.27. The third kappa shape index (κ3) is 0.957. The van der Waals surface area contributed by atoms with E-state index in [0.717, 1.165) is 12.8 Å². The van der Waals surface area contributed by atoms with Crippen LogP contribution in [0.5, 0.6) is 0 Å². The minimum absolute atomic E-state index is 0.00668. The van der Waals surface area contributed by atoms with Crippen molar-refractivity contribution in [3.8, 4) is 0 Å². The topological polar surface area (TPSA) is 61.5 Å². The number of nitrogens with two attached hydrogens (primary N) is 1. The maximum atomic E-state index is 11.4. The summed E-state index contributed by atoms with van der Waals surface area (Å²) in [6.07, 6.45) is 1.45. The summed E-state index contributed by atoms with van der Waals surface area (Å²) in [6, 6.07) is -0.00668. The molecule has 2 saturated heterocycles. The first kappa shape index (κ1) is 8.97. The van der Waals surface area contributed by atoms with Gasteiger partial charge < -0.3 is 15.2 Å². The first-order valence-electron chi connectivity index (χ1n) is 4.53. The lowest BCUT2D eigenvalue weighted by atomic mass is 9.60. The van der Waals surface area contributed by atoms with Crippen LogP contribution in [0.1, 0.15) is 19.8 Å². The lowest BCUT2D eigenvalue weighted by Crippen LogP contribution is -2.57. The van der Waals surface area contributed by atoms with Gasteiger partial charge in [-0.2, -0.15) is 0 Å². The fraction of sp³-hybridized carbons (Fsp3) is 0.889. The fourth-order valence-corrected chi connectivity index (χ4v) is 2.45. The Labute approximate surface area is 77.4 Å². The van der Waals surface area contributed by atoms with E-state index >= 15 is 0 Å². The molecule has 2 bridgehead atoms. The van der Waals surface area contributed by atoms with E-state index in [0.29, 0.717) is 6.61 Å². The second kappa shape index (κ2) is 2.45. The molecular weight excluding hydrogens is 170 g/mol. The average Bonchev–Trinajstić information content (AvgIpc) is 2.57. The molecule has 0 amide bonds. The SMILES string of the molecule is COC(=O)C12COC(C(C)N)(C1)C2. The Kier molecular flexibility index (Phi) is 1.69. The van der Waals surface area contributed by atoms with Crippen molar-refractivity contribution in [2.45, 2.75) is 31.4 Å². The van der Waals surface area contributed by atoms with Crippen LogP contribution in [0, 0.1) is 5.41 Å². The molecule has 1 unspecified atom stereocenters. The summed E-state index contributed by atoms with van der Waals surface area (Å²) in [5, 5.41) is 0. The van der Waals surface area contributed by atoms with Gasteiger partial charge in [0.2, 0.25) is 0 Å². The van der Waals surface area contributed by atoms with Crippen LogP contribution in [0.25, 0.3) is 0 Å². The highest BCUT2D eigenvalue weighted by Crippen LogP contribution is 2.59. The molecule has 1 saturated carbocycles. The molecule has 3 aliphatic rings. The van der Waals surface area contributed by atoms with Crippen LogP contribution in [0.3, 0.4) is 0 Å². The quantitative estimate of drug-likeness (QED) is 0.618. The monoisotopic (exact) mass is 185 g/mol. The lowest BCUT2D eigenvalue weighted by molar-refractivity contribution is -0.158. The Balaban J connectivity index is 2.10. The fourth-order valence-electron chi connectivity index (χ4n) is 2.45. The molecule has 1 atom stereocenters. The van der Waals surface area contributed by atoms with Gasteiger partial charge in [0.15, 0.2) is 0 Å². The summed E-state index contributed by atoms with van der Waals surface area (Å²) in [7, 11) is 1.42. The summed E-state index contributed by atoms with van der Waals surface area (Å²) >= 11 is 0. The van der Waals surface area contributed by atoms with Crippen LogP contribution in [0.2, 0.25) is 0 Å². The van der Waals surface area contributed by atoms with Crippen molar-refractivity contribution in [2.24, 2.45) is 11.1 Å². The molecule has 0 aromatic rings. The van der Waals surface area contributed by atoms with Crippen molar-refractivity contribution < 1.29 is 14.3 Å². The van der Waals surface area contributed by atoms with E-state index in [-0.39, 0.29) is 23.0 Å². The molecule has 4 nitrogen and oxygen atoms in total. The number of fused-ring (bicyclic) bond motifs is 1. The van der Waals surface area contributed by atoms with Crippen molar-refractivity contribution in [2.75, 3.05) is 13.7 Å². The van der Waals surface area contributed by atoms with Crippen molar-refractivity contribution >= 4 is 5.97 Å². The summed E-state index contributed by atoms with van der Waals surface area (Å²) in [5.41, 5.74) is 5.18. The maximum absolute atomic E-state index is 11.4. The molecule has 0 spiro atoms. The third-order valence-corrected chi connectivity index (χ3v) is 3.36. The Hall–Kier alpha value is -0.610. The molecule has 0 radical (unpaired) electrons. The Morgan fingerprint density at radius 1 is 1.62 bits per heavy atom. The minimum Gasteiger partial charge on any atom is -0.469 e. The number of methoxy groups -OCH3 is 1. The summed E-state index contributed by atoms with van der Waals surface area (Å²) in [4.78, 5) is 11.4. The zero-order valence-electron chi connectivity index (χ0n) is 8.00. The average molecular weight is 185 g/mol. The van der Waals surface area contributed by atoms with Crippen LogP contribution in [-0.2, 0) is 14.3 Å². The molecule has 13 heavy (non-hydrogen) atoms. The van der Waals surface area contributed by atoms with Crippen molar-refractivity contribution in [3.63, 3.8) is 0 Å². The van der Waals surface area contributed by atoms with E-state index < -0.39 is 0 Å². The van der Waals surface area contributed by atoms with Gasteiger partial charge in [-0.1, -0.05) is 0 Å². The van der Waals surface area contributed by atoms with Crippen molar-refractivity contribution in [1.82, 2.24) is 0 Å². The molecule has 0 aromatic heterocycles. The van der Waals surface area contributed by atoms with E-state index in [1.807, 2.05) is 6.92 Å². The van der Waals surface area contributed by atoms with Gasteiger partial charge in [-0.05, 0) is 19.8 Å². The molecule has 4 heteroatoms. The molecule has 3 fully saturated rings. The number of ether oxygens (including phenoxy) is 2. The van der Waals surface area contributed by atoms with Gasteiger partial charge in [-0.15, -0.1) is 0 Å². The number of esters is 1. The van der Waals surface area contributed by atoms with Crippen LogP contribution in [0.4, 0.5) is 0 Å². The minimum atomic E-state index is -0.373. The van der Waals surface area contributed by atoms with Crippen LogP contribution in [0.15, 0.2) is 0 Å². The van der Waals surface area contributed by atoms with E-state index in [1.54, 1.807) is 0 Å². The van der Waals surface area contributed by atoms with Gasteiger partial charge >= 0.3 is 5.97 Å². The number of hydrogen-bond donors (Lipinski definition) is 1. The van der Waals surface area contributed by atoms with Gasteiger partial charge in [-0.3, -0.25) is 4.79 Å². The molecule has 74 valence electrons. The Morgan fingerprint density at radius 2 is 2.23 bits per heavy atom. The number of carbonyl (C=O) groups is 1. The van der Waals surface area contributed by atoms with Crippen LogP contribution in [-0.4, -0.2) is 31.3 Å². The zero-order valence-corrected chi connectivity index (χ0v) is 8.00. The number of hydrogen-bond acceptors (Lipinski definition) is 4. The predicted octanol–water partition coefficient (Wildman–Crippen LogP) is 0.0558. The standard InChI is InChI=1S/C9H15NO3/c1-6(10)9-3-8(4-9,5-13-9)7(11)12-2/h6H,3-5,10H2,1-2H3. The number of carbonyl (C=O) groups excluding carboxylic acids is 1. The molecule has 0 aromatic carbocycles. The van der Waals surface area contributed by atoms with Crippen LogP contribution < -0.4 is 5.73 Å². The molecule has 2 aliphatic heterocycles. The van der Waals surface area contributed by atoms with E-state index in [1.165, 1.54) is 7.11 Å². The highest BCUT2D eigenvalue weighted by atomic mass is 16.5. The van der Waals surface area contributed by atoms with E-state index in [2.05, 4.69) is 0 Å². The Morgan fingerprint density at radius 3 is 2.62 bits per heavy atom. The molecular formula is C9H15NO3.